The number of nitrogens with zero attached hydrogens (tertiary/aromatic N) is 2. The van der Waals surface area contributed by atoms with Gasteiger partial charge < -0.3 is 9.97 Å². The van der Waals surface area contributed by atoms with E-state index in [9.17, 15) is 0 Å². The van der Waals surface area contributed by atoms with Crippen LogP contribution in [0.1, 0.15) is 33.9 Å². The zero-order valence-electron chi connectivity index (χ0n) is 17.1. The summed E-state index contributed by atoms with van der Waals surface area (Å²) in [4.78, 5) is 16.5. The van der Waals surface area contributed by atoms with E-state index in [-0.39, 0.29) is 0 Å². The molecule has 8 bridgehead atoms. The van der Waals surface area contributed by atoms with E-state index in [4.69, 9.17) is 21.6 Å². The zero-order valence-corrected chi connectivity index (χ0v) is 17.9. The summed E-state index contributed by atoms with van der Waals surface area (Å²) in [6.07, 6.45) is 6.17. The van der Waals surface area contributed by atoms with E-state index in [1.165, 1.54) is 0 Å². The molecule has 0 atom stereocenters. The van der Waals surface area contributed by atoms with Crippen LogP contribution in [0, 0.1) is 0 Å². The Balaban J connectivity index is 1.60. The predicted octanol–water partition coefficient (Wildman–Crippen LogP) is 6.81. The molecule has 5 heteroatoms. The summed E-state index contributed by atoms with van der Waals surface area (Å²) >= 11 is 5.98. The Labute approximate surface area is 190 Å². The lowest BCUT2D eigenvalue weighted by Crippen LogP contribution is -1.87. The number of aromatic nitrogens is 4. The van der Waals surface area contributed by atoms with E-state index in [2.05, 4.69) is 76.7 Å². The van der Waals surface area contributed by atoms with Crippen LogP contribution in [0.3, 0.4) is 0 Å². The van der Waals surface area contributed by atoms with Crippen molar-refractivity contribution in [3.05, 3.63) is 107 Å². The second-order valence-corrected chi connectivity index (χ2v) is 8.19. The van der Waals surface area contributed by atoms with Gasteiger partial charge >= 0.3 is 0 Å². The highest BCUT2D eigenvalue weighted by Crippen LogP contribution is 2.29. The van der Waals surface area contributed by atoms with E-state index in [0.29, 0.717) is 5.88 Å². The molecule has 6 rings (SSSR count). The summed E-state index contributed by atoms with van der Waals surface area (Å²) < 4.78 is 0. The maximum absolute atomic E-state index is 5.98. The molecule has 0 saturated heterocycles. The molecule has 2 N–H and O–H groups in total. The van der Waals surface area contributed by atoms with Crippen molar-refractivity contribution < 1.29 is 0 Å². The molecule has 2 aliphatic heterocycles. The third kappa shape index (κ3) is 3.66. The van der Waals surface area contributed by atoms with Crippen LogP contribution >= 0.6 is 11.6 Å². The summed E-state index contributed by atoms with van der Waals surface area (Å²) in [6.45, 7) is 0. The van der Waals surface area contributed by atoms with Crippen LogP contribution < -0.4 is 0 Å². The average Bonchev–Trinajstić information content (AvgIpc) is 3.59. The van der Waals surface area contributed by atoms with Crippen molar-refractivity contribution in [3.63, 3.8) is 0 Å². The first-order chi connectivity index (χ1) is 15.7. The Bertz CT molecular complexity index is 1550. The second-order valence-electron chi connectivity index (χ2n) is 7.92. The monoisotopic (exact) mass is 434 g/mol. The highest BCUT2D eigenvalue weighted by atomic mass is 35.5. The quantitative estimate of drug-likeness (QED) is 0.294. The number of hydrogen-bond donors (Lipinski definition) is 2. The molecule has 0 amide bonds. The van der Waals surface area contributed by atoms with Crippen LogP contribution in [0.5, 0.6) is 0 Å². The molecule has 32 heavy (non-hydrogen) atoms. The van der Waals surface area contributed by atoms with E-state index in [1.54, 1.807) is 0 Å². The molecule has 4 aromatic rings. The molecular weight excluding hydrogens is 416 g/mol. The molecule has 0 radical (unpaired) electrons. The molecule has 1 aromatic carbocycles. The van der Waals surface area contributed by atoms with E-state index in [0.717, 1.165) is 61.5 Å². The van der Waals surface area contributed by atoms with Crippen molar-refractivity contribution >= 4 is 57.5 Å². The standard InChI is InChI=1S/C27H19ClN4/c28-16-17-1-3-18(4-2-17)26-14-25-13-23-8-7-21(30-23)11-19-5-6-20(29-19)12-22-9-10-24(31-22)15-27(26)32-25/h1-15,29-30H,16H2. The summed E-state index contributed by atoms with van der Waals surface area (Å²) in [6, 6.07) is 24.8. The normalized spacial score (nSPS) is 12.7. The zero-order chi connectivity index (χ0) is 21.5. The summed E-state index contributed by atoms with van der Waals surface area (Å²) in [5, 5.41) is 0. The SMILES string of the molecule is ClCc1ccc(C2=Cc3cc4ccc(cc5ccc(cc6nc(cc2n3)C=C6)[nH]5)[nH]4)cc1. The Morgan fingerprint density at radius 2 is 1.22 bits per heavy atom. The van der Waals surface area contributed by atoms with Gasteiger partial charge in [0, 0.05) is 33.5 Å². The Kier molecular flexibility index (Phi) is 4.51. The van der Waals surface area contributed by atoms with Crippen LogP contribution in [-0.4, -0.2) is 19.9 Å². The first-order valence-electron chi connectivity index (χ1n) is 10.5. The molecule has 2 aliphatic rings. The smallest absolute Gasteiger partial charge is 0.0737 e. The number of benzene rings is 1. The van der Waals surface area contributed by atoms with Crippen molar-refractivity contribution in [2.45, 2.75) is 5.88 Å². The number of halogens is 1. The van der Waals surface area contributed by atoms with Gasteiger partial charge in [0.1, 0.15) is 0 Å². The fraction of sp³-hybridized carbons (Fsp3) is 0.0370. The summed E-state index contributed by atoms with van der Waals surface area (Å²) in [5.41, 5.74) is 10.9. The number of H-pyrrole nitrogens is 2. The lowest BCUT2D eigenvalue weighted by Gasteiger charge is -2.03. The first-order valence-corrected chi connectivity index (χ1v) is 11.0. The minimum atomic E-state index is 0.503. The van der Waals surface area contributed by atoms with Crippen LogP contribution in [0.2, 0.25) is 0 Å². The van der Waals surface area contributed by atoms with Crippen molar-refractivity contribution in [2.75, 3.05) is 0 Å². The Morgan fingerprint density at radius 3 is 1.88 bits per heavy atom. The lowest BCUT2D eigenvalue weighted by molar-refractivity contribution is 1.27. The Morgan fingerprint density at radius 1 is 0.625 bits per heavy atom. The summed E-state index contributed by atoms with van der Waals surface area (Å²) in [7, 11) is 0. The maximum atomic E-state index is 5.98. The van der Waals surface area contributed by atoms with E-state index in [1.807, 2.05) is 24.3 Å². The van der Waals surface area contributed by atoms with Gasteiger partial charge in [-0.15, -0.1) is 11.6 Å². The van der Waals surface area contributed by atoms with Crippen molar-refractivity contribution in [1.29, 1.82) is 0 Å². The number of aromatic amines is 2. The molecule has 0 saturated carbocycles. The third-order valence-electron chi connectivity index (χ3n) is 5.58. The highest BCUT2D eigenvalue weighted by Gasteiger charge is 2.13. The van der Waals surface area contributed by atoms with Crippen molar-refractivity contribution in [2.24, 2.45) is 0 Å². The van der Waals surface area contributed by atoms with Crippen LogP contribution in [0.15, 0.2) is 72.8 Å². The first kappa shape index (κ1) is 18.8. The van der Waals surface area contributed by atoms with E-state index >= 15 is 0 Å². The number of hydrogen-bond acceptors (Lipinski definition) is 2. The molecule has 0 unspecified atom stereocenters. The van der Waals surface area contributed by atoms with Gasteiger partial charge in [0.15, 0.2) is 0 Å². The molecule has 154 valence electrons. The number of rotatable bonds is 2. The van der Waals surface area contributed by atoms with Gasteiger partial charge in [-0.05, 0) is 77.9 Å². The highest BCUT2D eigenvalue weighted by molar-refractivity contribution is 6.17. The maximum Gasteiger partial charge on any atom is 0.0737 e. The van der Waals surface area contributed by atoms with E-state index < -0.39 is 0 Å². The summed E-state index contributed by atoms with van der Waals surface area (Å²) in [5.74, 6) is 0.503. The minimum absolute atomic E-state index is 0.503. The minimum Gasteiger partial charge on any atom is -0.355 e. The van der Waals surface area contributed by atoms with Gasteiger partial charge in [0.2, 0.25) is 0 Å². The number of alkyl halides is 1. The fourth-order valence-electron chi connectivity index (χ4n) is 4.02. The molecule has 4 nitrogen and oxygen atoms in total. The molecule has 0 aliphatic carbocycles. The predicted molar refractivity (Wildman–Crippen MR) is 133 cm³/mol. The topological polar surface area (TPSA) is 57.4 Å². The fourth-order valence-corrected chi connectivity index (χ4v) is 4.20. The molecule has 5 heterocycles. The third-order valence-corrected chi connectivity index (χ3v) is 5.89. The average molecular weight is 435 g/mol. The second kappa shape index (κ2) is 7.66. The molecular formula is C27H19ClN4. The van der Waals surface area contributed by atoms with Crippen LogP contribution in [-0.2, 0) is 5.88 Å². The van der Waals surface area contributed by atoms with Crippen LogP contribution in [0.25, 0.3) is 45.9 Å². The van der Waals surface area contributed by atoms with Gasteiger partial charge in [0.25, 0.3) is 0 Å². The van der Waals surface area contributed by atoms with Gasteiger partial charge in [0.05, 0.1) is 22.8 Å². The molecule has 0 fully saturated rings. The van der Waals surface area contributed by atoms with Gasteiger partial charge in [-0.3, -0.25) is 0 Å². The van der Waals surface area contributed by atoms with Crippen molar-refractivity contribution in [1.82, 2.24) is 19.9 Å². The van der Waals surface area contributed by atoms with Gasteiger partial charge in [-0.2, -0.15) is 0 Å². The van der Waals surface area contributed by atoms with Crippen LogP contribution in [0.4, 0.5) is 0 Å². The van der Waals surface area contributed by atoms with Gasteiger partial charge in [-0.1, -0.05) is 24.3 Å². The van der Waals surface area contributed by atoms with Crippen molar-refractivity contribution in [3.8, 4) is 0 Å². The molecule has 0 spiro atoms. The Hall–Kier alpha value is -3.89. The largest absolute Gasteiger partial charge is 0.355 e. The number of nitrogens with one attached hydrogen (secondary N) is 2. The lowest BCUT2D eigenvalue weighted by atomic mass is 10.0. The number of fused-ring (bicyclic) bond motifs is 8. The molecule has 3 aromatic heterocycles. The van der Waals surface area contributed by atoms with Gasteiger partial charge in [-0.25, -0.2) is 9.97 Å².